The van der Waals surface area contributed by atoms with Crippen LogP contribution in [0, 0.1) is 0 Å². The molecule has 0 aromatic heterocycles. The maximum Gasteiger partial charge on any atom is 0.469 e. The molecule has 55 heavy (non-hydrogen) atoms. The number of carbonyl (C=O) groups excluding carboxylic acids is 2. The lowest BCUT2D eigenvalue weighted by molar-refractivity contribution is -0.161. The average Bonchev–Trinajstić information content (AvgIpc) is 3.15. The first-order valence-electron chi connectivity index (χ1n) is 19.6. The molecule has 0 aromatic carbocycles. The summed E-state index contributed by atoms with van der Waals surface area (Å²) in [6.45, 7) is 3.22. The Morgan fingerprint density at radius 1 is 0.564 bits per heavy atom. The third-order valence-electron chi connectivity index (χ3n) is 7.26. The normalized spacial score (nSPS) is 14.5. The summed E-state index contributed by atoms with van der Waals surface area (Å²) in [5, 5.41) is 9.81. The van der Waals surface area contributed by atoms with Crippen molar-refractivity contribution >= 4 is 19.8 Å². The van der Waals surface area contributed by atoms with Crippen molar-refractivity contribution in [3.05, 3.63) is 134 Å². The van der Waals surface area contributed by atoms with Crippen LogP contribution in [0.15, 0.2) is 134 Å². The van der Waals surface area contributed by atoms with Crippen LogP contribution in [0.25, 0.3) is 0 Å². The molecule has 0 radical (unpaired) electrons. The highest BCUT2D eigenvalue weighted by atomic mass is 31.2. The first kappa shape index (κ1) is 51.1. The minimum atomic E-state index is -4.80. The number of allylic oxidation sites excluding steroid dienone is 20. The predicted molar refractivity (Wildman–Crippen MR) is 226 cm³/mol. The molecule has 0 bridgehead atoms. The van der Waals surface area contributed by atoms with Crippen molar-refractivity contribution < 1.29 is 43.0 Å². The van der Waals surface area contributed by atoms with Gasteiger partial charge in [0.2, 0.25) is 0 Å². The smallest absolute Gasteiger partial charge is 0.462 e. The molecule has 9 nitrogen and oxygen atoms in total. The minimum Gasteiger partial charge on any atom is -0.462 e. The fourth-order valence-corrected chi connectivity index (χ4v) is 4.76. The Morgan fingerprint density at radius 3 is 1.56 bits per heavy atom. The summed E-state index contributed by atoms with van der Waals surface area (Å²) in [7, 11) is -4.80. The van der Waals surface area contributed by atoms with Crippen molar-refractivity contribution in [2.75, 3.05) is 13.2 Å². The second-order valence-corrected chi connectivity index (χ2v) is 13.6. The summed E-state index contributed by atoms with van der Waals surface area (Å²) in [6, 6.07) is 0. The Hall–Kier alpha value is -3.85. The van der Waals surface area contributed by atoms with Crippen LogP contribution in [0.3, 0.4) is 0 Å². The van der Waals surface area contributed by atoms with Gasteiger partial charge >= 0.3 is 19.8 Å². The molecule has 0 amide bonds. The first-order valence-corrected chi connectivity index (χ1v) is 21.1. The van der Waals surface area contributed by atoms with E-state index in [1.54, 1.807) is 6.08 Å². The fourth-order valence-electron chi connectivity index (χ4n) is 4.40. The molecule has 0 aromatic rings. The number of aliphatic hydroxyl groups is 1. The van der Waals surface area contributed by atoms with Crippen LogP contribution in [-0.2, 0) is 28.2 Å². The maximum atomic E-state index is 12.4. The van der Waals surface area contributed by atoms with Crippen molar-refractivity contribution in [1.29, 1.82) is 0 Å². The van der Waals surface area contributed by atoms with Crippen LogP contribution in [0.2, 0.25) is 0 Å². The Bertz CT molecular complexity index is 1360. The molecule has 0 rings (SSSR count). The van der Waals surface area contributed by atoms with Gasteiger partial charge in [0.25, 0.3) is 0 Å². The zero-order valence-corrected chi connectivity index (χ0v) is 34.0. The van der Waals surface area contributed by atoms with Crippen molar-refractivity contribution in [2.45, 2.75) is 122 Å². The number of rotatable bonds is 33. The fraction of sp³-hybridized carbons (Fsp3) is 0.467. The van der Waals surface area contributed by atoms with Gasteiger partial charge < -0.3 is 24.4 Å². The number of hydrogen-bond donors (Lipinski definition) is 3. The SMILES string of the molecule is CC/C=C\C/C=C\C/C=C\C/C=C\C/C=C\CCCC(=O)O[C@H](COC(=O)CC/C=C\C/C=C\C/C=C\C/C=C/C=C/C(O)C/C=C\CC)COP(=O)(O)O. The van der Waals surface area contributed by atoms with Gasteiger partial charge in [0.05, 0.1) is 12.7 Å². The Labute approximate surface area is 331 Å². The van der Waals surface area contributed by atoms with Crippen LogP contribution >= 0.6 is 7.82 Å². The number of unbranched alkanes of at least 4 members (excludes halogenated alkanes) is 1. The number of carbonyl (C=O) groups is 2. The summed E-state index contributed by atoms with van der Waals surface area (Å²) >= 11 is 0. The molecular formula is C45H67O9P. The summed E-state index contributed by atoms with van der Waals surface area (Å²) < 4.78 is 26.2. The highest BCUT2D eigenvalue weighted by Gasteiger charge is 2.22. The van der Waals surface area contributed by atoms with E-state index < -0.39 is 38.6 Å². The molecule has 0 spiro atoms. The molecule has 2 atom stereocenters. The Balaban J connectivity index is 4.25. The number of phosphoric acid groups is 1. The van der Waals surface area contributed by atoms with Crippen molar-refractivity contribution in [1.82, 2.24) is 0 Å². The molecule has 0 heterocycles. The molecule has 0 fully saturated rings. The van der Waals surface area contributed by atoms with Crippen LogP contribution in [0.5, 0.6) is 0 Å². The third-order valence-corrected chi connectivity index (χ3v) is 7.74. The lowest BCUT2D eigenvalue weighted by Crippen LogP contribution is -2.29. The monoisotopic (exact) mass is 782 g/mol. The molecule has 0 aliphatic heterocycles. The molecule has 1 unspecified atom stereocenters. The molecule has 306 valence electrons. The topological polar surface area (TPSA) is 140 Å². The first-order chi connectivity index (χ1) is 26.7. The van der Waals surface area contributed by atoms with Crippen LogP contribution in [-0.4, -0.2) is 52.3 Å². The van der Waals surface area contributed by atoms with Gasteiger partial charge in [-0.2, -0.15) is 0 Å². The minimum absolute atomic E-state index is 0.101. The standard InChI is InChI=1S/C45H67O9P/c1-3-5-7-8-9-10-11-12-13-14-15-18-22-25-28-31-35-39-45(48)54-43(41-53-55(49,50)51)40-52-44(47)38-34-30-27-24-21-19-16-17-20-23-26-29-33-37-42(46)36-32-6-4-2/h5-7,9-10,12-13,15,17-21,25-30,32-33,37,42-43,46H,3-4,8,11,14,16,22-24,31,34-36,38-41H2,1-2H3,(H2,49,50,51)/b7-5-,10-9-,13-12-,18-15-,20-17-,21-19-,28-25-,29-26+,30-27-,32-6-,37-33+/t42?,43-/m1/s1. The van der Waals surface area contributed by atoms with E-state index in [9.17, 15) is 19.3 Å². The third kappa shape index (κ3) is 41.2. The van der Waals surface area contributed by atoms with Gasteiger partial charge in [-0.25, -0.2) is 4.57 Å². The quantitative estimate of drug-likeness (QED) is 0.0195. The van der Waals surface area contributed by atoms with E-state index in [0.29, 0.717) is 25.7 Å². The predicted octanol–water partition coefficient (Wildman–Crippen LogP) is 10.9. The van der Waals surface area contributed by atoms with E-state index in [0.717, 1.165) is 57.8 Å². The van der Waals surface area contributed by atoms with Gasteiger partial charge in [-0.15, -0.1) is 0 Å². The number of aliphatic hydroxyl groups excluding tert-OH is 1. The molecular weight excluding hydrogens is 715 g/mol. The van der Waals surface area contributed by atoms with Gasteiger partial charge in [-0.05, 0) is 83.5 Å². The van der Waals surface area contributed by atoms with E-state index in [4.69, 9.17) is 19.3 Å². The van der Waals surface area contributed by atoms with E-state index in [-0.39, 0.29) is 19.4 Å². The highest BCUT2D eigenvalue weighted by molar-refractivity contribution is 7.46. The number of hydrogen-bond acceptors (Lipinski definition) is 7. The molecule has 0 saturated heterocycles. The molecule has 0 aliphatic carbocycles. The molecule has 10 heteroatoms. The maximum absolute atomic E-state index is 12.4. The van der Waals surface area contributed by atoms with Crippen molar-refractivity contribution in [3.8, 4) is 0 Å². The number of ether oxygens (including phenoxy) is 2. The van der Waals surface area contributed by atoms with Crippen LogP contribution in [0.4, 0.5) is 0 Å². The zero-order valence-electron chi connectivity index (χ0n) is 33.1. The summed E-state index contributed by atoms with van der Waals surface area (Å²) in [5.41, 5.74) is 0. The summed E-state index contributed by atoms with van der Waals surface area (Å²) in [4.78, 5) is 42.7. The van der Waals surface area contributed by atoms with Gasteiger partial charge in [0, 0.05) is 12.8 Å². The largest absolute Gasteiger partial charge is 0.469 e. The lowest BCUT2D eigenvalue weighted by atomic mass is 10.2. The van der Waals surface area contributed by atoms with Gasteiger partial charge in [0.15, 0.2) is 6.10 Å². The molecule has 3 N–H and O–H groups in total. The second-order valence-electron chi connectivity index (χ2n) is 12.3. The van der Waals surface area contributed by atoms with E-state index in [1.807, 2.05) is 60.8 Å². The molecule has 0 aliphatic rings. The van der Waals surface area contributed by atoms with Crippen molar-refractivity contribution in [3.63, 3.8) is 0 Å². The summed E-state index contributed by atoms with van der Waals surface area (Å²) in [6.07, 6.45) is 53.8. The number of phosphoric ester groups is 1. The zero-order chi connectivity index (χ0) is 40.5. The summed E-state index contributed by atoms with van der Waals surface area (Å²) in [5.74, 6) is -1.09. The Kier molecular flexibility index (Phi) is 35.7. The highest BCUT2D eigenvalue weighted by Crippen LogP contribution is 2.35. The van der Waals surface area contributed by atoms with E-state index in [2.05, 4.69) is 85.2 Å². The van der Waals surface area contributed by atoms with E-state index in [1.165, 1.54) is 0 Å². The van der Waals surface area contributed by atoms with E-state index >= 15 is 0 Å². The Morgan fingerprint density at radius 2 is 1.04 bits per heavy atom. The van der Waals surface area contributed by atoms with Crippen LogP contribution < -0.4 is 0 Å². The van der Waals surface area contributed by atoms with Gasteiger partial charge in [0.1, 0.15) is 6.61 Å². The second kappa shape index (κ2) is 38.4. The lowest BCUT2D eigenvalue weighted by Gasteiger charge is -2.18. The van der Waals surface area contributed by atoms with Crippen LogP contribution in [0.1, 0.15) is 110 Å². The van der Waals surface area contributed by atoms with Gasteiger partial charge in [-0.3, -0.25) is 14.1 Å². The molecule has 0 saturated carbocycles. The van der Waals surface area contributed by atoms with Gasteiger partial charge in [-0.1, -0.05) is 148 Å². The average molecular weight is 783 g/mol. The van der Waals surface area contributed by atoms with Crippen molar-refractivity contribution in [2.24, 2.45) is 0 Å². The number of esters is 2.